The van der Waals surface area contributed by atoms with E-state index < -0.39 is 88.8 Å². The first-order valence-corrected chi connectivity index (χ1v) is 21.1. The second kappa shape index (κ2) is 20.6. The van der Waals surface area contributed by atoms with E-state index in [4.69, 9.17) is 18.9 Å². The van der Waals surface area contributed by atoms with Crippen LogP contribution in [0.25, 0.3) is 10.8 Å². The number of hydrazone groups is 1. The van der Waals surface area contributed by atoms with Gasteiger partial charge in [-0.1, -0.05) is 72.6 Å². The zero-order chi connectivity index (χ0) is 45.5. The number of phenols is 3. The number of carbonyl (C=O) groups is 3. The van der Waals surface area contributed by atoms with Crippen molar-refractivity contribution in [2.45, 2.75) is 125 Å². The van der Waals surface area contributed by atoms with Crippen LogP contribution in [0.1, 0.15) is 109 Å². The minimum absolute atomic E-state index is 0.0586. The number of methoxy groups -OCH3 is 1. The summed E-state index contributed by atoms with van der Waals surface area (Å²) in [6.07, 6.45) is 8.39. The number of aromatic hydroxyl groups is 3. The number of carbonyl (C=O) groups excluding carboxylic acids is 3. The van der Waals surface area contributed by atoms with Gasteiger partial charge in [-0.3, -0.25) is 19.4 Å². The van der Waals surface area contributed by atoms with Gasteiger partial charge >= 0.3 is 11.8 Å². The molecular formula is C46H65N3O12. The van der Waals surface area contributed by atoms with Crippen LogP contribution in [0, 0.1) is 30.6 Å². The number of aliphatic hydroxyl groups excluding tert-OH is 2. The third-order valence-corrected chi connectivity index (χ3v) is 11.9. The molecule has 2 aromatic rings. The maximum absolute atomic E-state index is 14.5. The maximum Gasteiger partial charge on any atom is 0.312 e. The minimum atomic E-state index is -2.05. The lowest BCUT2D eigenvalue weighted by molar-refractivity contribution is -0.160. The zero-order valence-electron chi connectivity index (χ0n) is 37.3. The van der Waals surface area contributed by atoms with E-state index in [-0.39, 0.29) is 44.5 Å². The topological polar surface area (TPSA) is 217 Å². The number of hydrogen-bond acceptors (Lipinski definition) is 14. The predicted octanol–water partition coefficient (Wildman–Crippen LogP) is 6.99. The molecular weight excluding hydrogens is 787 g/mol. The molecule has 0 aromatic heterocycles. The largest absolute Gasteiger partial charge is 0.507 e. The van der Waals surface area contributed by atoms with E-state index in [1.807, 2.05) is 5.01 Å². The molecule has 6 N–H and O–H groups in total. The molecule has 336 valence electrons. The molecule has 3 aliphatic heterocycles. The van der Waals surface area contributed by atoms with Crippen LogP contribution in [0.3, 0.4) is 0 Å². The Labute approximate surface area is 358 Å². The lowest BCUT2D eigenvalue weighted by Gasteiger charge is -2.38. The van der Waals surface area contributed by atoms with Crippen LogP contribution in [0.5, 0.6) is 23.0 Å². The number of Topliss-reactive ketones (excluding diaryl/α,β-unsaturated/α-hetero) is 1. The number of phenolic OH excluding ortho intramolecular Hbond substituents is 3. The smallest absolute Gasteiger partial charge is 0.312 e. The Bertz CT molecular complexity index is 2050. The first-order valence-electron chi connectivity index (χ1n) is 21.1. The highest BCUT2D eigenvalue weighted by molar-refractivity contribution is 6.23. The number of nitrogens with one attached hydrogen (secondary N) is 1. The molecule has 9 unspecified atom stereocenters. The standard InChI is InChI=1S/C46H65N3O12/c1-12-14-20-49(21-15-13-2)47-23-31-36-41(55)34-33(40(31)54)35-43(29(8)39(34)53)61-46(10,44(35)56)59-22-19-32(58-11)26(5)42(60-30(9)50)28(7)38(52)27(6)37(51)24(3)17-16-18-25(4)45(57)48-36/h16-19,22-24,26-28,32,37-38,42,51-55H,12-15,20-21H2,1-11H3,(H,48,57)/b17-16?,22-19?,25-18?,47-23+. The molecule has 9 atom stereocenters. The van der Waals surface area contributed by atoms with Gasteiger partial charge in [-0.25, -0.2) is 0 Å². The minimum Gasteiger partial charge on any atom is -0.507 e. The lowest BCUT2D eigenvalue weighted by Crippen LogP contribution is -2.46. The molecule has 15 nitrogen and oxygen atoms in total. The number of allylic oxidation sites excluding steroid dienone is 2. The number of fused-ring (bicyclic) bond motifs is 14. The number of hydrogen-bond donors (Lipinski definition) is 6. The van der Waals surface area contributed by atoms with Gasteiger partial charge in [0.1, 0.15) is 23.4 Å². The Morgan fingerprint density at radius 1 is 0.934 bits per heavy atom. The van der Waals surface area contributed by atoms with Crippen LogP contribution in [0.2, 0.25) is 0 Å². The lowest BCUT2D eigenvalue weighted by atomic mass is 9.78. The molecule has 5 bridgehead atoms. The molecule has 2 aromatic carbocycles. The van der Waals surface area contributed by atoms with Gasteiger partial charge in [0.05, 0.1) is 53.0 Å². The van der Waals surface area contributed by atoms with Crippen molar-refractivity contribution in [3.05, 3.63) is 52.8 Å². The Balaban J connectivity index is 1.99. The summed E-state index contributed by atoms with van der Waals surface area (Å²) in [7, 11) is 1.44. The fraction of sp³-hybridized carbons (Fsp3) is 0.565. The van der Waals surface area contributed by atoms with Crippen LogP contribution in [0.4, 0.5) is 5.69 Å². The van der Waals surface area contributed by atoms with Gasteiger partial charge in [0.2, 0.25) is 0 Å². The van der Waals surface area contributed by atoms with Crippen molar-refractivity contribution in [2.75, 3.05) is 25.5 Å². The summed E-state index contributed by atoms with van der Waals surface area (Å²) >= 11 is 0. The molecule has 0 aliphatic carbocycles. The highest BCUT2D eigenvalue weighted by Gasteiger charge is 2.50. The molecule has 1 amide bonds. The van der Waals surface area contributed by atoms with Crippen LogP contribution in [0.15, 0.2) is 41.2 Å². The number of rotatable bonds is 10. The second-order valence-electron chi connectivity index (χ2n) is 16.5. The first kappa shape index (κ1) is 48.5. The van der Waals surface area contributed by atoms with Crippen molar-refractivity contribution in [3.63, 3.8) is 0 Å². The molecule has 15 heteroatoms. The van der Waals surface area contributed by atoms with Gasteiger partial charge in [-0.2, -0.15) is 5.10 Å². The van der Waals surface area contributed by atoms with Crippen LogP contribution < -0.4 is 10.1 Å². The molecule has 0 fully saturated rings. The highest BCUT2D eigenvalue weighted by atomic mass is 16.7. The summed E-state index contributed by atoms with van der Waals surface area (Å²) in [4.78, 5) is 40.7. The van der Waals surface area contributed by atoms with Gasteiger partial charge in [0, 0.05) is 74.2 Å². The van der Waals surface area contributed by atoms with Crippen molar-refractivity contribution in [2.24, 2.45) is 28.8 Å². The van der Waals surface area contributed by atoms with Gasteiger partial charge in [-0.05, 0) is 32.8 Å². The average molecular weight is 852 g/mol. The summed E-state index contributed by atoms with van der Waals surface area (Å²) in [6, 6.07) is 0. The molecule has 0 saturated carbocycles. The number of anilines is 1. The van der Waals surface area contributed by atoms with Crippen LogP contribution >= 0.6 is 0 Å². The Morgan fingerprint density at radius 2 is 1.57 bits per heavy atom. The summed E-state index contributed by atoms with van der Waals surface area (Å²) in [5, 5.41) is 67.3. The van der Waals surface area contributed by atoms with Crippen LogP contribution in [-0.2, 0) is 23.8 Å². The van der Waals surface area contributed by atoms with Gasteiger partial charge in [0.25, 0.3) is 11.7 Å². The molecule has 0 radical (unpaired) electrons. The van der Waals surface area contributed by atoms with Gasteiger partial charge < -0.3 is 49.8 Å². The number of unbranched alkanes of at least 4 members (excludes halogenated alkanes) is 2. The molecule has 0 saturated heterocycles. The van der Waals surface area contributed by atoms with Gasteiger partial charge in [0.15, 0.2) is 5.75 Å². The number of ketones is 1. The third kappa shape index (κ3) is 10.3. The number of benzene rings is 2. The highest BCUT2D eigenvalue weighted by Crippen LogP contribution is 2.55. The summed E-state index contributed by atoms with van der Waals surface area (Å²) in [6.45, 7) is 17.9. The first-order chi connectivity index (χ1) is 28.8. The fourth-order valence-electron chi connectivity index (χ4n) is 7.92. The summed E-state index contributed by atoms with van der Waals surface area (Å²) < 4.78 is 23.7. The summed E-state index contributed by atoms with van der Waals surface area (Å²) in [5.74, 6) is -8.32. The van der Waals surface area contributed by atoms with E-state index in [0.717, 1.165) is 25.7 Å². The maximum atomic E-state index is 14.5. The van der Waals surface area contributed by atoms with Crippen molar-refractivity contribution < 1.29 is 58.9 Å². The normalized spacial score (nSPS) is 27.6. The molecule has 61 heavy (non-hydrogen) atoms. The number of esters is 1. The van der Waals surface area contributed by atoms with E-state index >= 15 is 0 Å². The number of amides is 1. The predicted molar refractivity (Wildman–Crippen MR) is 233 cm³/mol. The Hall–Kier alpha value is -5.12. The molecule has 0 spiro atoms. The van der Waals surface area contributed by atoms with E-state index in [1.54, 1.807) is 39.8 Å². The average Bonchev–Trinajstić information content (AvgIpc) is 3.49. The quantitative estimate of drug-likeness (QED) is 0.0468. The SMILES string of the molecule is CCCCN(CCCC)/N=C/c1c2c(O)c3c(O)c(C)c4c(c3c1O)C(=O)C(C)(OC=CC(OC)C(C)C(OC(C)=O)C(C)C(O)C(C)C(O)C(C)C=CC=C(C)C(=O)N2)O4. The van der Waals surface area contributed by atoms with Crippen molar-refractivity contribution in [3.8, 4) is 23.0 Å². The summed E-state index contributed by atoms with van der Waals surface area (Å²) in [5.41, 5.74) is -0.326. The van der Waals surface area contributed by atoms with E-state index in [1.165, 1.54) is 59.4 Å². The van der Waals surface area contributed by atoms with Gasteiger partial charge in [-0.15, -0.1) is 0 Å². The van der Waals surface area contributed by atoms with Crippen LogP contribution in [-0.4, -0.2) is 105 Å². The Kier molecular flexibility index (Phi) is 16.4. The van der Waals surface area contributed by atoms with E-state index in [2.05, 4.69) is 24.3 Å². The molecule has 3 aliphatic rings. The number of ether oxygens (including phenoxy) is 4. The zero-order valence-corrected chi connectivity index (χ0v) is 37.3. The third-order valence-electron chi connectivity index (χ3n) is 11.9. The molecule has 3 heterocycles. The van der Waals surface area contributed by atoms with Crippen molar-refractivity contribution >= 4 is 40.3 Å². The van der Waals surface area contributed by atoms with Crippen molar-refractivity contribution in [1.82, 2.24) is 5.01 Å². The second-order valence-corrected chi connectivity index (χ2v) is 16.5. The Morgan fingerprint density at radius 3 is 2.16 bits per heavy atom. The monoisotopic (exact) mass is 851 g/mol. The van der Waals surface area contributed by atoms with E-state index in [0.29, 0.717) is 13.1 Å². The van der Waals surface area contributed by atoms with Crippen molar-refractivity contribution in [1.29, 1.82) is 0 Å². The molecule has 5 rings (SSSR count). The number of nitrogens with zero attached hydrogens (tertiary/aromatic N) is 2. The van der Waals surface area contributed by atoms with E-state index in [9.17, 15) is 39.9 Å². The fourth-order valence-corrected chi connectivity index (χ4v) is 7.92. The number of aliphatic hydroxyl groups is 2.